The summed E-state index contributed by atoms with van der Waals surface area (Å²) in [6.07, 6.45) is 4.79. The minimum atomic E-state index is -0.354. The van der Waals surface area contributed by atoms with Gasteiger partial charge in [-0.1, -0.05) is 74.4 Å². The molecule has 0 aliphatic rings. The van der Waals surface area contributed by atoms with Crippen LogP contribution in [0.15, 0.2) is 72.9 Å². The standard InChI is InChI=1S/C23H25N3O2/c1-2-3-7-17-25(23-22(26(27)28)11-8-16-24-23)18-19-12-14-21(15-13-19)20-9-5-4-6-10-20/h4-6,8-16H,2-3,7,17-18H2,1H3. The van der Waals surface area contributed by atoms with E-state index in [1.807, 2.05) is 23.1 Å². The molecule has 0 radical (unpaired) electrons. The first-order valence-corrected chi connectivity index (χ1v) is 9.67. The largest absolute Gasteiger partial charge is 0.347 e. The van der Waals surface area contributed by atoms with Gasteiger partial charge in [-0.3, -0.25) is 10.1 Å². The van der Waals surface area contributed by atoms with Crippen LogP contribution in [0.1, 0.15) is 31.7 Å². The average Bonchev–Trinajstić information content (AvgIpc) is 2.74. The van der Waals surface area contributed by atoms with Crippen LogP contribution in [0.25, 0.3) is 11.1 Å². The third-order valence-corrected chi connectivity index (χ3v) is 4.73. The molecule has 0 aliphatic heterocycles. The summed E-state index contributed by atoms with van der Waals surface area (Å²) in [5, 5.41) is 11.4. The van der Waals surface area contributed by atoms with Crippen molar-refractivity contribution in [2.75, 3.05) is 11.4 Å². The van der Waals surface area contributed by atoms with Gasteiger partial charge in [0, 0.05) is 25.4 Å². The van der Waals surface area contributed by atoms with E-state index in [4.69, 9.17) is 0 Å². The number of rotatable bonds is 9. The molecule has 3 rings (SSSR count). The van der Waals surface area contributed by atoms with Crippen molar-refractivity contribution in [3.05, 3.63) is 88.6 Å². The van der Waals surface area contributed by atoms with Crippen molar-refractivity contribution in [1.29, 1.82) is 0 Å². The number of pyridine rings is 1. The highest BCUT2D eigenvalue weighted by atomic mass is 16.6. The summed E-state index contributed by atoms with van der Waals surface area (Å²) in [7, 11) is 0. The Morgan fingerprint density at radius 2 is 1.64 bits per heavy atom. The van der Waals surface area contributed by atoms with E-state index >= 15 is 0 Å². The van der Waals surface area contributed by atoms with Gasteiger partial charge in [0.05, 0.1) is 4.92 Å². The van der Waals surface area contributed by atoms with Gasteiger partial charge in [-0.25, -0.2) is 4.98 Å². The van der Waals surface area contributed by atoms with Gasteiger partial charge >= 0.3 is 5.69 Å². The average molecular weight is 375 g/mol. The van der Waals surface area contributed by atoms with Gasteiger partial charge in [-0.05, 0) is 29.2 Å². The van der Waals surface area contributed by atoms with Crippen LogP contribution in [-0.2, 0) is 6.54 Å². The van der Waals surface area contributed by atoms with Crippen molar-refractivity contribution >= 4 is 11.5 Å². The number of hydrogen-bond donors (Lipinski definition) is 0. The fraction of sp³-hybridized carbons (Fsp3) is 0.261. The normalized spacial score (nSPS) is 10.6. The van der Waals surface area contributed by atoms with Gasteiger partial charge in [0.2, 0.25) is 5.82 Å². The smallest absolute Gasteiger partial charge is 0.311 e. The molecule has 0 fully saturated rings. The molecule has 0 bridgehead atoms. The lowest BCUT2D eigenvalue weighted by atomic mass is 10.0. The predicted molar refractivity (Wildman–Crippen MR) is 113 cm³/mol. The quantitative estimate of drug-likeness (QED) is 0.267. The molecule has 3 aromatic rings. The van der Waals surface area contributed by atoms with Crippen LogP contribution in [0.5, 0.6) is 0 Å². The van der Waals surface area contributed by atoms with E-state index in [1.165, 1.54) is 11.6 Å². The summed E-state index contributed by atoms with van der Waals surface area (Å²) in [6.45, 7) is 3.48. The molecule has 28 heavy (non-hydrogen) atoms. The van der Waals surface area contributed by atoms with E-state index in [2.05, 4.69) is 48.3 Å². The maximum atomic E-state index is 11.4. The first kappa shape index (κ1) is 19.5. The van der Waals surface area contributed by atoms with Gasteiger partial charge in [0.1, 0.15) is 0 Å². The molecule has 0 N–H and O–H groups in total. The Morgan fingerprint density at radius 1 is 0.929 bits per heavy atom. The molecule has 144 valence electrons. The third kappa shape index (κ3) is 4.94. The summed E-state index contributed by atoms with van der Waals surface area (Å²) >= 11 is 0. The maximum absolute atomic E-state index is 11.4. The van der Waals surface area contributed by atoms with Gasteiger partial charge in [0.15, 0.2) is 0 Å². The van der Waals surface area contributed by atoms with Crippen LogP contribution in [0.2, 0.25) is 0 Å². The molecular weight excluding hydrogens is 350 g/mol. The number of benzene rings is 2. The molecule has 1 heterocycles. The number of hydrogen-bond acceptors (Lipinski definition) is 4. The zero-order valence-electron chi connectivity index (χ0n) is 16.1. The lowest BCUT2D eigenvalue weighted by Crippen LogP contribution is -2.25. The van der Waals surface area contributed by atoms with E-state index in [-0.39, 0.29) is 10.6 Å². The van der Waals surface area contributed by atoms with Crippen LogP contribution < -0.4 is 4.90 Å². The molecule has 0 aliphatic carbocycles. The molecular formula is C23H25N3O2. The van der Waals surface area contributed by atoms with Gasteiger partial charge < -0.3 is 4.90 Å². The summed E-state index contributed by atoms with van der Waals surface area (Å²) in [6, 6.07) is 21.7. The number of nitro groups is 1. The van der Waals surface area contributed by atoms with Crippen LogP contribution in [0.3, 0.4) is 0 Å². The monoisotopic (exact) mass is 375 g/mol. The summed E-state index contributed by atoms with van der Waals surface area (Å²) in [5.74, 6) is 0.440. The van der Waals surface area contributed by atoms with Crippen LogP contribution in [-0.4, -0.2) is 16.5 Å². The van der Waals surface area contributed by atoms with E-state index in [1.54, 1.807) is 12.3 Å². The summed E-state index contributed by atoms with van der Waals surface area (Å²) < 4.78 is 0. The minimum absolute atomic E-state index is 0.0555. The van der Waals surface area contributed by atoms with E-state index in [0.717, 1.165) is 36.9 Å². The highest BCUT2D eigenvalue weighted by Gasteiger charge is 2.20. The first-order chi connectivity index (χ1) is 13.7. The second kappa shape index (κ2) is 9.65. The Balaban J connectivity index is 1.83. The van der Waals surface area contributed by atoms with Crippen molar-refractivity contribution in [3.63, 3.8) is 0 Å². The Morgan fingerprint density at radius 3 is 2.32 bits per heavy atom. The minimum Gasteiger partial charge on any atom is -0.347 e. The molecule has 5 nitrogen and oxygen atoms in total. The summed E-state index contributed by atoms with van der Waals surface area (Å²) in [4.78, 5) is 17.4. The lowest BCUT2D eigenvalue weighted by Gasteiger charge is -2.23. The SMILES string of the molecule is CCCCCN(Cc1ccc(-c2ccccc2)cc1)c1ncccc1[N+](=O)[O-]. The number of nitrogens with zero attached hydrogens (tertiary/aromatic N) is 3. The molecule has 0 amide bonds. The molecule has 1 aromatic heterocycles. The van der Waals surface area contributed by atoms with Crippen molar-refractivity contribution in [2.45, 2.75) is 32.7 Å². The number of anilines is 1. The molecule has 5 heteroatoms. The zero-order valence-corrected chi connectivity index (χ0v) is 16.1. The van der Waals surface area contributed by atoms with Crippen LogP contribution in [0.4, 0.5) is 11.5 Å². The van der Waals surface area contributed by atoms with Gasteiger partial charge in [-0.2, -0.15) is 0 Å². The van der Waals surface area contributed by atoms with E-state index in [9.17, 15) is 10.1 Å². The molecule has 0 saturated carbocycles. The predicted octanol–water partition coefficient (Wildman–Crippen LogP) is 5.85. The van der Waals surface area contributed by atoms with E-state index < -0.39 is 0 Å². The topological polar surface area (TPSA) is 59.3 Å². The fourth-order valence-corrected chi connectivity index (χ4v) is 3.24. The molecule has 0 spiro atoms. The third-order valence-electron chi connectivity index (χ3n) is 4.73. The Labute approximate surface area is 165 Å². The Kier molecular flexibility index (Phi) is 6.73. The lowest BCUT2D eigenvalue weighted by molar-refractivity contribution is -0.384. The Bertz CT molecular complexity index is 895. The van der Waals surface area contributed by atoms with Crippen molar-refractivity contribution < 1.29 is 4.92 Å². The molecule has 0 unspecified atom stereocenters. The molecule has 0 saturated heterocycles. The first-order valence-electron chi connectivity index (χ1n) is 9.67. The van der Waals surface area contributed by atoms with Crippen molar-refractivity contribution in [1.82, 2.24) is 4.98 Å². The fourth-order valence-electron chi connectivity index (χ4n) is 3.24. The van der Waals surface area contributed by atoms with Crippen LogP contribution >= 0.6 is 0 Å². The second-order valence-corrected chi connectivity index (χ2v) is 6.79. The van der Waals surface area contributed by atoms with Gasteiger partial charge in [-0.15, -0.1) is 0 Å². The van der Waals surface area contributed by atoms with Gasteiger partial charge in [0.25, 0.3) is 0 Å². The van der Waals surface area contributed by atoms with Crippen molar-refractivity contribution in [2.24, 2.45) is 0 Å². The maximum Gasteiger partial charge on any atom is 0.311 e. The van der Waals surface area contributed by atoms with E-state index in [0.29, 0.717) is 12.4 Å². The molecule has 0 atom stereocenters. The highest BCUT2D eigenvalue weighted by molar-refractivity contribution is 5.64. The molecule has 2 aromatic carbocycles. The number of aromatic nitrogens is 1. The second-order valence-electron chi connectivity index (χ2n) is 6.79. The van der Waals surface area contributed by atoms with Crippen molar-refractivity contribution in [3.8, 4) is 11.1 Å². The zero-order chi connectivity index (χ0) is 19.8. The van der Waals surface area contributed by atoms with Crippen LogP contribution in [0, 0.1) is 10.1 Å². The summed E-state index contributed by atoms with van der Waals surface area (Å²) in [5.41, 5.74) is 3.50. The Hall–Kier alpha value is -3.21. The highest BCUT2D eigenvalue weighted by Crippen LogP contribution is 2.27. The number of unbranched alkanes of at least 4 members (excludes halogenated alkanes) is 2.